The van der Waals surface area contributed by atoms with Gasteiger partial charge in [-0.05, 0) is 31.0 Å². The molecule has 0 aliphatic heterocycles. The monoisotopic (exact) mass is 290 g/mol. The summed E-state index contributed by atoms with van der Waals surface area (Å²) in [6, 6.07) is 7.17. The maximum absolute atomic E-state index is 12.2. The number of fused-ring (bicyclic) bond motifs is 1. The number of thiocarbonyl (C=S) groups is 1. The molecule has 0 fully saturated rings. The Kier molecular flexibility index (Phi) is 4.09. The number of benzene rings is 1. The van der Waals surface area contributed by atoms with Crippen molar-refractivity contribution in [2.24, 2.45) is 11.7 Å². The van der Waals surface area contributed by atoms with Crippen molar-refractivity contribution < 1.29 is 9.21 Å². The molecule has 0 saturated heterocycles. The summed E-state index contributed by atoms with van der Waals surface area (Å²) in [4.78, 5) is 12.5. The molecule has 1 heterocycles. The quantitative estimate of drug-likeness (QED) is 0.850. The predicted octanol–water partition coefficient (Wildman–Crippen LogP) is 2.78. The Balaban J connectivity index is 2.25. The van der Waals surface area contributed by atoms with Gasteiger partial charge in [0.05, 0.1) is 11.0 Å². The van der Waals surface area contributed by atoms with E-state index in [0.717, 1.165) is 10.9 Å². The normalized spacial score (nSPS) is 12.6. The number of amides is 1. The maximum Gasteiger partial charge on any atom is 0.287 e. The van der Waals surface area contributed by atoms with Crippen LogP contribution in [-0.2, 0) is 0 Å². The summed E-state index contributed by atoms with van der Waals surface area (Å²) in [5.41, 5.74) is 7.46. The van der Waals surface area contributed by atoms with E-state index in [1.54, 1.807) is 6.07 Å². The van der Waals surface area contributed by atoms with Crippen LogP contribution in [0, 0.1) is 12.8 Å². The van der Waals surface area contributed by atoms with Crippen LogP contribution in [0.25, 0.3) is 11.0 Å². The zero-order valence-electron chi connectivity index (χ0n) is 11.8. The summed E-state index contributed by atoms with van der Waals surface area (Å²) in [6.45, 7) is 5.89. The number of carbonyl (C=O) groups is 1. The van der Waals surface area contributed by atoms with E-state index < -0.39 is 0 Å². The molecule has 1 amide bonds. The first-order valence-electron chi connectivity index (χ1n) is 6.49. The molecule has 0 saturated carbocycles. The largest absolute Gasteiger partial charge is 0.451 e. The van der Waals surface area contributed by atoms with Gasteiger partial charge in [-0.3, -0.25) is 4.79 Å². The zero-order valence-corrected chi connectivity index (χ0v) is 12.6. The van der Waals surface area contributed by atoms with Crippen LogP contribution in [0.3, 0.4) is 0 Å². The maximum atomic E-state index is 12.2. The summed E-state index contributed by atoms with van der Waals surface area (Å²) < 4.78 is 5.55. The van der Waals surface area contributed by atoms with Crippen LogP contribution >= 0.6 is 12.2 Å². The first-order chi connectivity index (χ1) is 9.38. The van der Waals surface area contributed by atoms with E-state index in [1.165, 1.54) is 0 Å². The second-order valence-corrected chi connectivity index (χ2v) is 5.72. The van der Waals surface area contributed by atoms with Crippen LogP contribution in [0.15, 0.2) is 28.7 Å². The smallest absolute Gasteiger partial charge is 0.287 e. The summed E-state index contributed by atoms with van der Waals surface area (Å²) in [6.07, 6.45) is 0. The van der Waals surface area contributed by atoms with Gasteiger partial charge < -0.3 is 15.5 Å². The molecule has 1 unspecified atom stereocenters. The summed E-state index contributed by atoms with van der Waals surface area (Å²) >= 11 is 4.98. The molecule has 106 valence electrons. The minimum atomic E-state index is -0.340. The van der Waals surface area contributed by atoms with E-state index in [4.69, 9.17) is 22.4 Å². The number of nitrogens with one attached hydrogen (secondary N) is 1. The molecule has 3 N–H and O–H groups in total. The fraction of sp³-hybridized carbons (Fsp3) is 0.333. The fourth-order valence-corrected chi connectivity index (χ4v) is 2.38. The molecule has 0 bridgehead atoms. The first kappa shape index (κ1) is 14.5. The highest BCUT2D eigenvalue weighted by Crippen LogP contribution is 2.20. The molecule has 2 rings (SSSR count). The van der Waals surface area contributed by atoms with Crippen molar-refractivity contribution in [3.63, 3.8) is 0 Å². The molecule has 20 heavy (non-hydrogen) atoms. The van der Waals surface area contributed by atoms with Crippen molar-refractivity contribution in [1.82, 2.24) is 5.32 Å². The topological polar surface area (TPSA) is 68.3 Å². The lowest BCUT2D eigenvalue weighted by atomic mass is 10.0. The third kappa shape index (κ3) is 2.99. The lowest BCUT2D eigenvalue weighted by Crippen LogP contribution is -2.46. The van der Waals surface area contributed by atoms with Crippen molar-refractivity contribution in [2.75, 3.05) is 0 Å². The van der Waals surface area contributed by atoms with E-state index in [1.807, 2.05) is 39.0 Å². The molecule has 0 radical (unpaired) electrons. The molecular formula is C15H18N2O2S. The Morgan fingerprint density at radius 1 is 1.35 bits per heavy atom. The molecule has 0 spiro atoms. The number of nitrogens with two attached hydrogens (primary N) is 1. The van der Waals surface area contributed by atoms with Gasteiger partial charge in [0.15, 0.2) is 5.76 Å². The van der Waals surface area contributed by atoms with Crippen molar-refractivity contribution in [1.29, 1.82) is 0 Å². The Hall–Kier alpha value is -1.88. The minimum Gasteiger partial charge on any atom is -0.451 e. The standard InChI is InChI=1S/C15H18N2O2S/c1-8(2)13(14(16)20)17-15(18)12-7-10-6-9(3)4-5-11(10)19-12/h4-8,13H,1-3H3,(H2,16,20)(H,17,18). The minimum absolute atomic E-state index is 0.128. The Morgan fingerprint density at radius 2 is 2.05 bits per heavy atom. The lowest BCUT2D eigenvalue weighted by Gasteiger charge is -2.20. The van der Waals surface area contributed by atoms with E-state index in [-0.39, 0.29) is 28.6 Å². The molecule has 2 aromatic rings. The number of hydrogen-bond acceptors (Lipinski definition) is 3. The zero-order chi connectivity index (χ0) is 14.9. The third-order valence-corrected chi connectivity index (χ3v) is 3.41. The van der Waals surface area contributed by atoms with Gasteiger partial charge in [-0.2, -0.15) is 0 Å². The Bertz CT molecular complexity index is 661. The van der Waals surface area contributed by atoms with E-state index in [2.05, 4.69) is 5.32 Å². The van der Waals surface area contributed by atoms with Gasteiger partial charge in [0.25, 0.3) is 5.91 Å². The molecule has 0 aliphatic rings. The third-order valence-electron chi connectivity index (χ3n) is 3.16. The number of furan rings is 1. The molecule has 1 aromatic heterocycles. The van der Waals surface area contributed by atoms with Gasteiger partial charge in [0.2, 0.25) is 0 Å². The van der Waals surface area contributed by atoms with Crippen molar-refractivity contribution in [3.8, 4) is 0 Å². The average Bonchev–Trinajstić information content (AvgIpc) is 2.77. The average molecular weight is 290 g/mol. The van der Waals surface area contributed by atoms with Gasteiger partial charge in [0.1, 0.15) is 5.58 Å². The van der Waals surface area contributed by atoms with Crippen molar-refractivity contribution in [2.45, 2.75) is 26.8 Å². The van der Waals surface area contributed by atoms with Crippen LogP contribution in [0.2, 0.25) is 0 Å². The van der Waals surface area contributed by atoms with Gasteiger partial charge in [-0.1, -0.05) is 37.7 Å². The first-order valence-corrected chi connectivity index (χ1v) is 6.89. The van der Waals surface area contributed by atoms with Crippen LogP contribution in [-0.4, -0.2) is 16.9 Å². The predicted molar refractivity (Wildman–Crippen MR) is 83.8 cm³/mol. The SMILES string of the molecule is Cc1ccc2oc(C(=O)NC(C(N)=S)C(C)C)cc2c1. The van der Waals surface area contributed by atoms with Crippen LogP contribution < -0.4 is 11.1 Å². The lowest BCUT2D eigenvalue weighted by molar-refractivity contribution is 0.0914. The molecule has 0 aliphatic carbocycles. The van der Waals surface area contributed by atoms with Crippen molar-refractivity contribution in [3.05, 3.63) is 35.6 Å². The van der Waals surface area contributed by atoms with Crippen LogP contribution in [0.5, 0.6) is 0 Å². The van der Waals surface area contributed by atoms with Gasteiger partial charge in [0, 0.05) is 5.39 Å². The number of hydrogen-bond donors (Lipinski definition) is 2. The highest BCUT2D eigenvalue weighted by molar-refractivity contribution is 7.80. The summed E-state index contributed by atoms with van der Waals surface area (Å²) in [5, 5.41) is 3.72. The van der Waals surface area contributed by atoms with E-state index in [9.17, 15) is 4.79 Å². The summed E-state index contributed by atoms with van der Waals surface area (Å²) in [5.74, 6) is 0.0981. The molecule has 1 atom stereocenters. The number of aryl methyl sites for hydroxylation is 1. The van der Waals surface area contributed by atoms with Gasteiger partial charge >= 0.3 is 0 Å². The molecular weight excluding hydrogens is 272 g/mol. The van der Waals surface area contributed by atoms with Crippen LogP contribution in [0.4, 0.5) is 0 Å². The van der Waals surface area contributed by atoms with Crippen LogP contribution in [0.1, 0.15) is 30.0 Å². The highest BCUT2D eigenvalue weighted by Gasteiger charge is 2.21. The van der Waals surface area contributed by atoms with Gasteiger partial charge in [-0.25, -0.2) is 0 Å². The van der Waals surface area contributed by atoms with E-state index in [0.29, 0.717) is 5.58 Å². The Morgan fingerprint density at radius 3 is 2.65 bits per heavy atom. The molecule has 5 heteroatoms. The summed E-state index contributed by atoms with van der Waals surface area (Å²) in [7, 11) is 0. The van der Waals surface area contributed by atoms with E-state index >= 15 is 0 Å². The second-order valence-electron chi connectivity index (χ2n) is 5.25. The molecule has 1 aromatic carbocycles. The van der Waals surface area contributed by atoms with Crippen molar-refractivity contribution >= 4 is 34.1 Å². The fourth-order valence-electron chi connectivity index (χ4n) is 2.05. The highest BCUT2D eigenvalue weighted by atomic mass is 32.1. The second kappa shape index (κ2) is 5.63. The van der Waals surface area contributed by atoms with Gasteiger partial charge in [-0.15, -0.1) is 0 Å². The molecule has 4 nitrogen and oxygen atoms in total. The Labute approximate surface area is 123 Å². The number of carbonyl (C=O) groups excluding carboxylic acids is 1. The number of rotatable bonds is 4.